The van der Waals surface area contributed by atoms with Crippen molar-refractivity contribution < 1.29 is 64.8 Å². The predicted octanol–water partition coefficient (Wildman–Crippen LogP) is -5.62. The molecule has 1 aliphatic rings. The Hall–Kier alpha value is -0.330. The van der Waals surface area contributed by atoms with Gasteiger partial charge in [-0.05, 0) is 0 Å². The maximum Gasteiger partial charge on any atom is 1.00 e. The van der Waals surface area contributed by atoms with Gasteiger partial charge in [0, 0.05) is 12.3 Å². The molecule has 22 heavy (non-hydrogen) atoms. The van der Waals surface area contributed by atoms with Crippen LogP contribution >= 0.6 is 7.82 Å². The molecule has 0 saturated carbocycles. The number of ether oxygens (including phenoxy) is 1. The summed E-state index contributed by atoms with van der Waals surface area (Å²) in [6.45, 7) is -0.683. The van der Waals surface area contributed by atoms with E-state index in [1.54, 1.807) is 0 Å². The fourth-order valence-electron chi connectivity index (χ4n) is 1.89. The van der Waals surface area contributed by atoms with Gasteiger partial charge in [0.15, 0.2) is 6.23 Å². The summed E-state index contributed by atoms with van der Waals surface area (Å²) in [5.41, 5.74) is -1.51. The van der Waals surface area contributed by atoms with Gasteiger partial charge in [-0.25, -0.2) is 9.36 Å². The summed E-state index contributed by atoms with van der Waals surface area (Å²) in [6, 6.07) is 1.02. The van der Waals surface area contributed by atoms with Gasteiger partial charge in [0.1, 0.15) is 18.3 Å². The number of phosphoric acid groups is 1. The van der Waals surface area contributed by atoms with Crippen molar-refractivity contribution in [1.82, 2.24) is 9.55 Å². The number of hydrogen-bond donors (Lipinski definition) is 5. The van der Waals surface area contributed by atoms with Crippen LogP contribution in [-0.2, 0) is 13.8 Å². The number of nitrogens with zero attached hydrogens (tertiary/aromatic N) is 1. The molecule has 0 bridgehead atoms. The van der Waals surface area contributed by atoms with E-state index in [4.69, 9.17) is 14.5 Å². The molecule has 0 aliphatic carbocycles. The van der Waals surface area contributed by atoms with E-state index in [-0.39, 0.29) is 31.0 Å². The molecule has 0 aromatic carbocycles. The number of hydrogen-bond acceptors (Lipinski definition) is 7. The molecule has 1 aliphatic heterocycles. The van der Waals surface area contributed by atoms with Crippen LogP contribution in [0.15, 0.2) is 21.9 Å². The zero-order valence-electron chi connectivity index (χ0n) is 12.4. The summed E-state index contributed by atoms with van der Waals surface area (Å²) in [5.74, 6) is 0. The van der Waals surface area contributed by atoms with Gasteiger partial charge in [-0.3, -0.25) is 18.9 Å². The minimum atomic E-state index is -4.76. The van der Waals surface area contributed by atoms with Crippen LogP contribution in [-0.4, -0.2) is 54.5 Å². The Bertz CT molecular complexity index is 675. The van der Waals surface area contributed by atoms with Crippen LogP contribution in [0.1, 0.15) is 7.65 Å². The molecule has 1 aromatic heterocycles. The Kier molecular flexibility index (Phi) is 6.72. The molecule has 0 spiro atoms. The smallest absolute Gasteiger partial charge is 1.00 e. The Labute approximate surface area is 146 Å². The molecule has 120 valence electrons. The van der Waals surface area contributed by atoms with Crippen LogP contribution in [0.2, 0.25) is 0 Å². The zero-order chi connectivity index (χ0) is 15.8. The topological polar surface area (TPSA) is 171 Å². The Morgan fingerprint density at radius 2 is 2.00 bits per heavy atom. The minimum absolute atomic E-state index is 0. The van der Waals surface area contributed by atoms with Crippen molar-refractivity contribution in [3.05, 3.63) is 33.1 Å². The van der Waals surface area contributed by atoms with Crippen LogP contribution < -0.4 is 40.8 Å². The van der Waals surface area contributed by atoms with Crippen molar-refractivity contribution in [2.75, 3.05) is 6.61 Å². The number of phosphoric ester groups is 1. The summed E-state index contributed by atoms with van der Waals surface area (Å²) in [6.07, 6.45) is -4.58. The third kappa shape index (κ3) is 4.59. The number of aromatic amines is 1. The van der Waals surface area contributed by atoms with E-state index in [9.17, 15) is 24.4 Å². The summed E-state index contributed by atoms with van der Waals surface area (Å²) in [7, 11) is -4.76. The molecular formula is C9H14N2NaO9P. The van der Waals surface area contributed by atoms with Crippen molar-refractivity contribution in [3.8, 4) is 0 Å². The van der Waals surface area contributed by atoms with Gasteiger partial charge in [0.2, 0.25) is 0 Å². The van der Waals surface area contributed by atoms with E-state index in [0.717, 1.165) is 16.8 Å². The van der Waals surface area contributed by atoms with E-state index >= 15 is 0 Å². The number of aliphatic hydroxyl groups excluding tert-OH is 2. The van der Waals surface area contributed by atoms with Crippen molar-refractivity contribution in [2.24, 2.45) is 0 Å². The van der Waals surface area contributed by atoms with Gasteiger partial charge in [-0.2, -0.15) is 0 Å². The average molecular weight is 348 g/mol. The summed E-state index contributed by atoms with van der Waals surface area (Å²) in [4.78, 5) is 41.6. The van der Waals surface area contributed by atoms with E-state index in [0.29, 0.717) is 0 Å². The molecule has 0 unspecified atom stereocenters. The van der Waals surface area contributed by atoms with E-state index in [2.05, 4.69) is 4.52 Å². The van der Waals surface area contributed by atoms with Crippen LogP contribution in [0.25, 0.3) is 0 Å². The fraction of sp³-hybridized carbons (Fsp3) is 0.556. The van der Waals surface area contributed by atoms with Crippen molar-refractivity contribution in [2.45, 2.75) is 24.5 Å². The molecule has 1 aromatic rings. The maximum atomic E-state index is 11.6. The van der Waals surface area contributed by atoms with Gasteiger partial charge < -0.3 is 26.2 Å². The molecule has 1 saturated heterocycles. The number of rotatable bonds is 4. The molecule has 0 radical (unpaired) electrons. The van der Waals surface area contributed by atoms with Crippen LogP contribution in [0.4, 0.5) is 0 Å². The second-order valence-corrected chi connectivity index (χ2v) is 5.59. The van der Waals surface area contributed by atoms with Crippen molar-refractivity contribution in [3.63, 3.8) is 0 Å². The molecule has 11 nitrogen and oxygen atoms in total. The average Bonchev–Trinajstić information content (AvgIpc) is 2.64. The minimum Gasteiger partial charge on any atom is -1.00 e. The first kappa shape index (κ1) is 19.7. The molecule has 5 N–H and O–H groups in total. The van der Waals surface area contributed by atoms with Gasteiger partial charge >= 0.3 is 43.1 Å². The quantitative estimate of drug-likeness (QED) is 0.263. The Morgan fingerprint density at radius 1 is 1.36 bits per heavy atom. The van der Waals surface area contributed by atoms with Crippen LogP contribution in [0.3, 0.4) is 0 Å². The fourth-order valence-corrected chi connectivity index (χ4v) is 2.24. The SMILES string of the molecule is O=c1ccn([C@H]2O[C@@H](COP(=O)(O)O)[C@H](O)[C@@H]2O)c(=O)[nH]1.[H-].[Na+]. The molecule has 13 heteroatoms. The van der Waals surface area contributed by atoms with Crippen LogP contribution in [0, 0.1) is 0 Å². The molecule has 0 amide bonds. The van der Waals surface area contributed by atoms with Gasteiger partial charge in [0.25, 0.3) is 5.56 Å². The maximum absolute atomic E-state index is 11.6. The first-order chi connectivity index (χ1) is 9.69. The van der Waals surface area contributed by atoms with Crippen LogP contribution in [0.5, 0.6) is 0 Å². The zero-order valence-corrected chi connectivity index (χ0v) is 14.3. The molecule has 2 rings (SSSR count). The Balaban J connectivity index is 0.00000242. The van der Waals surface area contributed by atoms with Gasteiger partial charge in [0.05, 0.1) is 6.61 Å². The number of nitrogens with one attached hydrogen (secondary N) is 1. The standard InChI is InChI=1S/C9H13N2O9P.Na.H/c12-5-1-2-11(9(15)10-5)8-7(14)6(13)4(20-8)3-19-21(16,17)18;;/h1-2,4,6-8,13-14H,3H2,(H,10,12,15)(H2,16,17,18);;/q;+1;-1/t4-,6-,7-,8-;;/m0../s1. The van der Waals surface area contributed by atoms with Gasteiger partial charge in [-0.15, -0.1) is 0 Å². The largest absolute Gasteiger partial charge is 1.00 e. The summed E-state index contributed by atoms with van der Waals surface area (Å²) >= 11 is 0. The van der Waals surface area contributed by atoms with Gasteiger partial charge in [-0.1, -0.05) is 0 Å². The second-order valence-electron chi connectivity index (χ2n) is 4.35. The molecular weight excluding hydrogens is 334 g/mol. The number of aromatic nitrogens is 2. The number of H-pyrrole nitrogens is 1. The first-order valence-corrected chi connectivity index (χ1v) is 7.25. The Morgan fingerprint density at radius 3 is 2.55 bits per heavy atom. The third-order valence-electron chi connectivity index (χ3n) is 2.87. The summed E-state index contributed by atoms with van der Waals surface area (Å²) in [5, 5.41) is 19.6. The van der Waals surface area contributed by atoms with E-state index in [1.165, 1.54) is 0 Å². The predicted molar refractivity (Wildman–Crippen MR) is 66.4 cm³/mol. The third-order valence-corrected chi connectivity index (χ3v) is 3.35. The second kappa shape index (κ2) is 7.49. The normalized spacial score (nSPS) is 28.4. The molecule has 1 fully saturated rings. The van der Waals surface area contributed by atoms with E-state index in [1.807, 2.05) is 4.98 Å². The van der Waals surface area contributed by atoms with Crippen molar-refractivity contribution in [1.29, 1.82) is 0 Å². The number of aliphatic hydroxyl groups is 2. The molecule has 2 heterocycles. The summed E-state index contributed by atoms with van der Waals surface area (Å²) < 4.78 is 20.8. The van der Waals surface area contributed by atoms with Crippen molar-refractivity contribution >= 4 is 7.82 Å². The van der Waals surface area contributed by atoms with E-state index < -0.39 is 50.2 Å². The molecule has 4 atom stereocenters. The monoisotopic (exact) mass is 348 g/mol. The first-order valence-electron chi connectivity index (χ1n) is 5.72.